The van der Waals surface area contributed by atoms with E-state index in [0.29, 0.717) is 0 Å². The van der Waals surface area contributed by atoms with Crippen molar-refractivity contribution in [1.29, 1.82) is 0 Å². The molecule has 0 fully saturated rings. The fraction of sp³-hybridized carbons (Fsp3) is 0. The fourth-order valence-corrected chi connectivity index (χ4v) is 0. The molecule has 0 saturated heterocycles. The minimum atomic E-state index is -1.06. The summed E-state index contributed by atoms with van der Waals surface area (Å²) >= 11 is 0. The van der Waals surface area contributed by atoms with Gasteiger partial charge < -0.3 is 9.90 Å². The van der Waals surface area contributed by atoms with Crippen LogP contribution in [0.3, 0.4) is 0 Å². The smallest absolute Gasteiger partial charge is 0.193 e. The first-order valence-electron chi connectivity index (χ1n) is 0.762. The van der Waals surface area contributed by atoms with Crippen molar-refractivity contribution >= 4 is 15.0 Å². The molecule has 0 aromatic heterocycles. The van der Waals surface area contributed by atoms with Gasteiger partial charge in [0.05, 0.1) is 0 Å². The third kappa shape index (κ3) is 154. The molecule has 2 nitrogen and oxygen atoms in total. The molecule has 1 atom stereocenters. The molecular formula is CH3O2P. The van der Waals surface area contributed by atoms with Gasteiger partial charge in [-0.3, -0.25) is 0 Å². The molecule has 0 saturated carbocycles. The maximum atomic E-state index is 8.90. The average Bonchev–Trinajstić information content (AvgIpc) is 0.811. The highest BCUT2D eigenvalue weighted by molar-refractivity contribution is 7.38. The van der Waals surface area contributed by atoms with Crippen molar-refractivity contribution in [3.63, 3.8) is 0 Å². The van der Waals surface area contributed by atoms with Crippen molar-refractivity contribution in [2.24, 2.45) is 0 Å². The van der Waals surface area contributed by atoms with Crippen molar-refractivity contribution in [1.82, 2.24) is 0 Å². The maximum Gasteiger partial charge on any atom is 0.193 e. The standard InChI is InChI=1S/CH3O2P/c2-1(3)4/h4H2,(H,2,3). The molecule has 3 heteroatoms. The van der Waals surface area contributed by atoms with Crippen LogP contribution in [0.15, 0.2) is 0 Å². The van der Waals surface area contributed by atoms with Crippen LogP contribution in [0.2, 0.25) is 0 Å². The average molecular weight is 78.0 g/mol. The lowest BCUT2D eigenvalue weighted by atomic mass is 11.6. The van der Waals surface area contributed by atoms with Crippen LogP contribution in [0.4, 0.5) is 4.79 Å². The van der Waals surface area contributed by atoms with Crippen LogP contribution < -0.4 is 5.11 Å². The van der Waals surface area contributed by atoms with E-state index in [9.17, 15) is 0 Å². The van der Waals surface area contributed by atoms with E-state index in [0.717, 1.165) is 9.24 Å². The van der Waals surface area contributed by atoms with Crippen molar-refractivity contribution in [2.45, 2.75) is 0 Å². The van der Waals surface area contributed by atoms with Crippen LogP contribution in [0.5, 0.6) is 0 Å². The monoisotopic (exact) mass is 78.0 g/mol. The summed E-state index contributed by atoms with van der Waals surface area (Å²) in [5.41, 5.74) is -1.06. The molecule has 0 heterocycles. The molecule has 24 valence electrons. The minimum Gasteiger partial charge on any atom is -0.515 e. The van der Waals surface area contributed by atoms with Crippen LogP contribution >= 0.6 is 9.24 Å². The molecule has 0 spiro atoms. The summed E-state index contributed by atoms with van der Waals surface area (Å²) in [6.45, 7) is 0. The lowest BCUT2D eigenvalue weighted by molar-refractivity contribution is -0.232. The van der Waals surface area contributed by atoms with E-state index in [1.807, 2.05) is 0 Å². The lowest BCUT2D eigenvalue weighted by Crippen LogP contribution is -2.10. The van der Waals surface area contributed by atoms with Gasteiger partial charge in [0.1, 0.15) is 0 Å². The van der Waals surface area contributed by atoms with E-state index in [1.54, 1.807) is 0 Å². The molecule has 0 aliphatic heterocycles. The first kappa shape index (κ1) is 3.90. The Kier molecular flexibility index (Phi) is 1.21. The topological polar surface area (TPSA) is 40.1 Å². The molecule has 4 heavy (non-hydrogen) atoms. The van der Waals surface area contributed by atoms with E-state index in [1.165, 1.54) is 0 Å². The van der Waals surface area contributed by atoms with Gasteiger partial charge in [-0.15, -0.1) is 0 Å². The Labute approximate surface area is 26.0 Å². The Morgan fingerprint density at radius 3 is 2.00 bits per heavy atom. The second kappa shape index (κ2) is 1.24. The highest BCUT2D eigenvalue weighted by atomic mass is 31.0. The fourth-order valence-electron chi connectivity index (χ4n) is 0. The molecule has 0 aromatic rings. The predicted octanol–water partition coefficient (Wildman–Crippen LogP) is -1.06. The summed E-state index contributed by atoms with van der Waals surface area (Å²) in [5, 5.41) is 8.90. The maximum absolute atomic E-state index is 8.90. The van der Waals surface area contributed by atoms with E-state index >= 15 is 0 Å². The van der Waals surface area contributed by atoms with E-state index in [4.69, 9.17) is 9.90 Å². The van der Waals surface area contributed by atoms with Crippen molar-refractivity contribution < 1.29 is 9.90 Å². The quantitative estimate of drug-likeness (QED) is 0.346. The first-order valence-corrected chi connectivity index (χ1v) is 1.47. The zero-order valence-corrected chi connectivity index (χ0v) is 3.44. The number of hydrogen-bond donors (Lipinski definition) is 0. The van der Waals surface area contributed by atoms with Gasteiger partial charge in [-0.25, -0.2) is 0 Å². The van der Waals surface area contributed by atoms with Crippen LogP contribution in [0.25, 0.3) is 0 Å². The van der Waals surface area contributed by atoms with E-state index < -0.39 is 5.71 Å². The summed E-state index contributed by atoms with van der Waals surface area (Å²) in [4.78, 5) is 8.90. The van der Waals surface area contributed by atoms with Crippen molar-refractivity contribution in [2.75, 3.05) is 0 Å². The Hall–Kier alpha value is -0.100. The Balaban J connectivity index is 2.80. The SMILES string of the molecule is O=C([O-])[PH3+]. The number of carbonyl (C=O) groups excluding carboxylic acids is 1. The van der Waals surface area contributed by atoms with Crippen molar-refractivity contribution in [3.05, 3.63) is 0 Å². The van der Waals surface area contributed by atoms with Crippen LogP contribution in [-0.2, 0) is 0 Å². The van der Waals surface area contributed by atoms with E-state index in [2.05, 4.69) is 0 Å². The third-order valence-corrected chi connectivity index (χ3v) is 0. The van der Waals surface area contributed by atoms with Gasteiger partial charge in [0, 0.05) is 9.24 Å². The molecule has 0 N–H and O–H groups in total. The van der Waals surface area contributed by atoms with Gasteiger partial charge in [-0.2, -0.15) is 0 Å². The molecule has 1 unspecified atom stereocenters. The molecule has 0 aliphatic carbocycles. The first-order chi connectivity index (χ1) is 1.73. The molecule has 0 rings (SSSR count). The Morgan fingerprint density at radius 2 is 2.00 bits per heavy atom. The van der Waals surface area contributed by atoms with Gasteiger partial charge in [-0.1, -0.05) is 0 Å². The summed E-state index contributed by atoms with van der Waals surface area (Å²) in [6.07, 6.45) is 0. The zero-order chi connectivity index (χ0) is 3.58. The summed E-state index contributed by atoms with van der Waals surface area (Å²) < 4.78 is 0. The van der Waals surface area contributed by atoms with Gasteiger partial charge in [0.2, 0.25) is 0 Å². The normalized spacial score (nSPS) is 7.00. The molecule has 0 bridgehead atoms. The number of carbonyl (C=O) groups is 1. The number of carboxylic acid groups (broad SMARTS) is 1. The van der Waals surface area contributed by atoms with Gasteiger partial charge in [0.25, 0.3) is 0 Å². The number of hydrogen-bond acceptors (Lipinski definition) is 2. The van der Waals surface area contributed by atoms with Crippen LogP contribution in [0, 0.1) is 0 Å². The molecule has 0 amide bonds. The zero-order valence-electron chi connectivity index (χ0n) is 2.02. The van der Waals surface area contributed by atoms with Gasteiger partial charge in [0.15, 0.2) is 5.71 Å². The Morgan fingerprint density at radius 1 is 2.00 bits per heavy atom. The summed E-state index contributed by atoms with van der Waals surface area (Å²) in [5.74, 6) is 0. The predicted molar refractivity (Wildman–Crippen MR) is 16.5 cm³/mol. The second-order valence-electron chi connectivity index (χ2n) is 0.372. The molecular weight excluding hydrogens is 75.0 g/mol. The largest absolute Gasteiger partial charge is 0.515 e. The number of rotatable bonds is 0. The molecule has 0 aliphatic rings. The summed E-state index contributed by atoms with van der Waals surface area (Å²) in [6, 6.07) is 0. The van der Waals surface area contributed by atoms with Gasteiger partial charge in [-0.05, 0) is 0 Å². The second-order valence-corrected chi connectivity index (χ2v) is 0.949. The molecule has 0 radical (unpaired) electrons. The van der Waals surface area contributed by atoms with Crippen molar-refractivity contribution in [3.8, 4) is 0 Å². The Bertz CT molecular complexity index is 29.0. The highest BCUT2D eigenvalue weighted by Gasteiger charge is 1.57. The lowest BCUT2D eigenvalue weighted by Gasteiger charge is -1.68. The minimum absolute atomic E-state index is 0.809. The summed E-state index contributed by atoms with van der Waals surface area (Å²) in [7, 11) is 0.809. The van der Waals surface area contributed by atoms with Crippen LogP contribution in [0.1, 0.15) is 0 Å². The molecule has 0 aromatic carbocycles. The van der Waals surface area contributed by atoms with E-state index in [-0.39, 0.29) is 0 Å². The highest BCUT2D eigenvalue weighted by Crippen LogP contribution is 1.69. The third-order valence-electron chi connectivity index (χ3n) is 0. The van der Waals surface area contributed by atoms with Gasteiger partial charge >= 0.3 is 0 Å². The van der Waals surface area contributed by atoms with Crippen LogP contribution in [-0.4, -0.2) is 5.71 Å².